The van der Waals surface area contributed by atoms with Crippen molar-refractivity contribution in [2.45, 2.75) is 40.0 Å². The SMILES string of the molecule is CCC.CCCc1scnc1-c1cncc(F)c1. The predicted molar refractivity (Wildman–Crippen MR) is 75.3 cm³/mol. The molecule has 0 aromatic carbocycles. The zero-order chi connectivity index (χ0) is 13.4. The van der Waals surface area contributed by atoms with Crippen LogP contribution in [0.3, 0.4) is 0 Å². The Labute approximate surface area is 112 Å². The number of halogens is 1. The highest BCUT2D eigenvalue weighted by Crippen LogP contribution is 2.26. The number of pyridine rings is 1. The van der Waals surface area contributed by atoms with Crippen molar-refractivity contribution in [2.24, 2.45) is 0 Å². The average Bonchev–Trinajstić information content (AvgIpc) is 2.79. The molecule has 18 heavy (non-hydrogen) atoms. The van der Waals surface area contributed by atoms with Crippen LogP contribution < -0.4 is 0 Å². The molecule has 0 amide bonds. The first-order chi connectivity index (χ1) is 8.72. The van der Waals surface area contributed by atoms with Crippen LogP contribution in [0.1, 0.15) is 38.5 Å². The molecule has 2 heterocycles. The number of hydrogen-bond acceptors (Lipinski definition) is 3. The van der Waals surface area contributed by atoms with E-state index >= 15 is 0 Å². The zero-order valence-electron chi connectivity index (χ0n) is 11.1. The van der Waals surface area contributed by atoms with Crippen LogP contribution in [0.15, 0.2) is 24.0 Å². The quantitative estimate of drug-likeness (QED) is 0.803. The lowest BCUT2D eigenvalue weighted by Crippen LogP contribution is -1.87. The van der Waals surface area contributed by atoms with Crippen LogP contribution in [0, 0.1) is 5.82 Å². The van der Waals surface area contributed by atoms with E-state index in [4.69, 9.17) is 0 Å². The van der Waals surface area contributed by atoms with Crippen LogP contribution in [0.4, 0.5) is 4.39 Å². The van der Waals surface area contributed by atoms with Gasteiger partial charge in [0.2, 0.25) is 0 Å². The molecule has 2 aromatic heterocycles. The highest BCUT2D eigenvalue weighted by molar-refractivity contribution is 7.10. The topological polar surface area (TPSA) is 25.8 Å². The minimum atomic E-state index is -0.317. The Morgan fingerprint density at radius 3 is 2.56 bits per heavy atom. The molecule has 0 spiro atoms. The van der Waals surface area contributed by atoms with Gasteiger partial charge in [-0.25, -0.2) is 9.37 Å². The van der Waals surface area contributed by atoms with Crippen LogP contribution in [0.5, 0.6) is 0 Å². The molecular weight excluding hydrogens is 247 g/mol. The molecule has 0 atom stereocenters. The lowest BCUT2D eigenvalue weighted by Gasteiger charge is -2.00. The van der Waals surface area contributed by atoms with Crippen molar-refractivity contribution >= 4 is 11.3 Å². The summed E-state index contributed by atoms with van der Waals surface area (Å²) in [5.74, 6) is -0.317. The monoisotopic (exact) mass is 266 g/mol. The molecule has 0 unspecified atom stereocenters. The Bertz CT molecular complexity index is 468. The number of rotatable bonds is 3. The summed E-state index contributed by atoms with van der Waals surface area (Å²) in [5, 5.41) is 0. The third-order valence-electron chi connectivity index (χ3n) is 2.10. The van der Waals surface area contributed by atoms with Crippen molar-refractivity contribution in [2.75, 3.05) is 0 Å². The van der Waals surface area contributed by atoms with Gasteiger partial charge in [0.25, 0.3) is 0 Å². The van der Waals surface area contributed by atoms with Crippen molar-refractivity contribution in [1.29, 1.82) is 0 Å². The fraction of sp³-hybridized carbons (Fsp3) is 0.429. The van der Waals surface area contributed by atoms with E-state index in [0.717, 1.165) is 24.1 Å². The number of thiazole rings is 1. The van der Waals surface area contributed by atoms with Crippen LogP contribution >= 0.6 is 11.3 Å². The second-order valence-corrected chi connectivity index (χ2v) is 4.91. The van der Waals surface area contributed by atoms with E-state index in [1.807, 2.05) is 0 Å². The van der Waals surface area contributed by atoms with E-state index in [1.165, 1.54) is 23.6 Å². The van der Waals surface area contributed by atoms with E-state index < -0.39 is 0 Å². The average molecular weight is 266 g/mol. The van der Waals surface area contributed by atoms with Crippen molar-refractivity contribution in [1.82, 2.24) is 9.97 Å². The van der Waals surface area contributed by atoms with Crippen molar-refractivity contribution < 1.29 is 4.39 Å². The molecule has 0 saturated heterocycles. The van der Waals surface area contributed by atoms with E-state index in [1.54, 1.807) is 23.0 Å². The van der Waals surface area contributed by atoms with Gasteiger partial charge in [0, 0.05) is 16.6 Å². The fourth-order valence-electron chi connectivity index (χ4n) is 1.45. The molecule has 0 bridgehead atoms. The molecule has 98 valence electrons. The maximum atomic E-state index is 13.0. The highest BCUT2D eigenvalue weighted by Gasteiger charge is 2.08. The second kappa shape index (κ2) is 7.93. The molecule has 0 N–H and O–H groups in total. The van der Waals surface area contributed by atoms with Gasteiger partial charge in [0.05, 0.1) is 17.4 Å². The first kappa shape index (κ1) is 14.8. The number of aryl methyl sites for hydroxylation is 1. The number of nitrogens with zero attached hydrogens (tertiary/aromatic N) is 2. The zero-order valence-corrected chi connectivity index (χ0v) is 11.9. The molecule has 2 rings (SSSR count). The largest absolute Gasteiger partial charge is 0.261 e. The third-order valence-corrected chi connectivity index (χ3v) is 2.99. The van der Waals surface area contributed by atoms with Gasteiger partial charge in [-0.2, -0.15) is 0 Å². The molecular formula is C14H19FN2S. The Morgan fingerprint density at radius 1 is 1.22 bits per heavy atom. The van der Waals surface area contributed by atoms with Gasteiger partial charge in [-0.15, -0.1) is 11.3 Å². The molecule has 0 radical (unpaired) electrons. The van der Waals surface area contributed by atoms with Gasteiger partial charge in [0.15, 0.2) is 0 Å². The molecule has 0 aliphatic carbocycles. The summed E-state index contributed by atoms with van der Waals surface area (Å²) >= 11 is 1.61. The second-order valence-electron chi connectivity index (χ2n) is 3.97. The molecule has 0 aliphatic heterocycles. The summed E-state index contributed by atoms with van der Waals surface area (Å²) in [6, 6.07) is 1.47. The van der Waals surface area contributed by atoms with Crippen molar-refractivity contribution in [3.05, 3.63) is 34.7 Å². The summed E-state index contributed by atoms with van der Waals surface area (Å²) in [5.41, 5.74) is 3.43. The van der Waals surface area contributed by atoms with Crippen LogP contribution in [-0.4, -0.2) is 9.97 Å². The lowest BCUT2D eigenvalue weighted by molar-refractivity contribution is 0.622. The summed E-state index contributed by atoms with van der Waals surface area (Å²) in [4.78, 5) is 9.29. The smallest absolute Gasteiger partial charge is 0.142 e. The minimum absolute atomic E-state index is 0.317. The number of hydrogen-bond donors (Lipinski definition) is 0. The Hall–Kier alpha value is -1.29. The van der Waals surface area contributed by atoms with E-state index in [0.29, 0.717) is 0 Å². The Balaban J connectivity index is 0.000000492. The molecule has 4 heteroatoms. The lowest BCUT2D eigenvalue weighted by atomic mass is 10.1. The summed E-state index contributed by atoms with van der Waals surface area (Å²) in [6.07, 6.45) is 6.15. The Kier molecular flexibility index (Phi) is 6.50. The van der Waals surface area contributed by atoms with Crippen molar-refractivity contribution in [3.63, 3.8) is 0 Å². The summed E-state index contributed by atoms with van der Waals surface area (Å²) in [7, 11) is 0. The summed E-state index contributed by atoms with van der Waals surface area (Å²) < 4.78 is 13.0. The molecule has 2 nitrogen and oxygen atoms in total. The van der Waals surface area contributed by atoms with Gasteiger partial charge in [-0.05, 0) is 12.5 Å². The van der Waals surface area contributed by atoms with Gasteiger partial charge < -0.3 is 0 Å². The molecule has 0 saturated carbocycles. The molecule has 0 aliphatic rings. The van der Waals surface area contributed by atoms with Crippen LogP contribution in [0.2, 0.25) is 0 Å². The van der Waals surface area contributed by atoms with Crippen LogP contribution in [-0.2, 0) is 6.42 Å². The van der Waals surface area contributed by atoms with Crippen LogP contribution in [0.25, 0.3) is 11.3 Å². The van der Waals surface area contributed by atoms with Crippen molar-refractivity contribution in [3.8, 4) is 11.3 Å². The maximum absolute atomic E-state index is 13.0. The van der Waals surface area contributed by atoms with Gasteiger partial charge in [-0.3, -0.25) is 4.98 Å². The first-order valence-corrected chi connectivity index (χ1v) is 7.14. The maximum Gasteiger partial charge on any atom is 0.142 e. The predicted octanol–water partition coefficient (Wildman–Crippen LogP) is 4.71. The van der Waals surface area contributed by atoms with E-state index in [2.05, 4.69) is 30.7 Å². The summed E-state index contributed by atoms with van der Waals surface area (Å²) in [6.45, 7) is 6.37. The van der Waals surface area contributed by atoms with Gasteiger partial charge in [-0.1, -0.05) is 33.6 Å². The first-order valence-electron chi connectivity index (χ1n) is 6.26. The van der Waals surface area contributed by atoms with Gasteiger partial charge in [0.1, 0.15) is 5.82 Å². The van der Waals surface area contributed by atoms with E-state index in [-0.39, 0.29) is 5.82 Å². The Morgan fingerprint density at radius 2 is 1.94 bits per heavy atom. The number of aromatic nitrogens is 2. The normalized spacial score (nSPS) is 9.78. The van der Waals surface area contributed by atoms with Gasteiger partial charge >= 0.3 is 0 Å². The third kappa shape index (κ3) is 4.18. The standard InChI is InChI=1S/C11H11FN2S.C3H8/c1-2-3-10-11(14-7-15-10)8-4-9(12)6-13-5-8;1-3-2/h4-7H,2-3H2,1H3;3H2,1-2H3. The minimum Gasteiger partial charge on any atom is -0.261 e. The fourth-order valence-corrected chi connectivity index (χ4v) is 2.34. The molecule has 2 aromatic rings. The van der Waals surface area contributed by atoms with E-state index in [9.17, 15) is 4.39 Å². The highest BCUT2D eigenvalue weighted by atomic mass is 32.1. The molecule has 0 fully saturated rings.